The van der Waals surface area contributed by atoms with E-state index in [-0.39, 0.29) is 17.9 Å². The smallest absolute Gasteiger partial charge is 0.232 e. The summed E-state index contributed by atoms with van der Waals surface area (Å²) in [5.74, 6) is 0.442. The number of nitrogens with two attached hydrogens (primary N) is 1. The lowest BCUT2D eigenvalue weighted by Crippen LogP contribution is -2.52. The Hall–Kier alpha value is -3.62. The molecular weight excluding hydrogens is 422 g/mol. The molecule has 2 N–H and O–H groups in total. The van der Waals surface area contributed by atoms with E-state index < -0.39 is 5.41 Å². The molecule has 0 aliphatic carbocycles. The molecule has 5 nitrogen and oxygen atoms in total. The summed E-state index contributed by atoms with van der Waals surface area (Å²) in [5.41, 5.74) is 7.85. The van der Waals surface area contributed by atoms with Crippen molar-refractivity contribution in [2.75, 3.05) is 20.2 Å². The Morgan fingerprint density at radius 2 is 1.71 bits per heavy atom. The number of amides is 1. The highest BCUT2D eigenvalue weighted by molar-refractivity contribution is 5.91. The van der Waals surface area contributed by atoms with Crippen LogP contribution in [0.5, 0.6) is 5.75 Å². The maximum Gasteiger partial charge on any atom is 0.232 e. The SMILES string of the molecule is CN1CC[C@@H](C(C(N)=O)(c2ccccc2)c2ccccc2)[C@@H]1CCCOc1cccc(C#N)c1. The molecule has 0 aromatic heterocycles. The van der Waals surface area contributed by atoms with Gasteiger partial charge in [-0.1, -0.05) is 66.7 Å². The molecule has 3 aromatic carbocycles. The molecule has 0 unspecified atom stereocenters. The fraction of sp³-hybridized carbons (Fsp3) is 0.310. The number of nitriles is 1. The van der Waals surface area contributed by atoms with Crippen molar-refractivity contribution >= 4 is 5.91 Å². The van der Waals surface area contributed by atoms with Gasteiger partial charge in [0, 0.05) is 6.04 Å². The van der Waals surface area contributed by atoms with E-state index >= 15 is 0 Å². The van der Waals surface area contributed by atoms with Gasteiger partial charge in [0.25, 0.3) is 0 Å². The average Bonchev–Trinajstić information content (AvgIpc) is 3.24. The van der Waals surface area contributed by atoms with Crippen molar-refractivity contribution in [3.63, 3.8) is 0 Å². The topological polar surface area (TPSA) is 79.3 Å². The predicted octanol–water partition coefficient (Wildman–Crippen LogP) is 4.51. The van der Waals surface area contributed by atoms with E-state index in [9.17, 15) is 4.79 Å². The first kappa shape index (κ1) is 23.5. The highest BCUT2D eigenvalue weighted by Gasteiger charge is 2.52. The number of likely N-dealkylation sites (tertiary alicyclic amines) is 1. The van der Waals surface area contributed by atoms with E-state index in [1.54, 1.807) is 12.1 Å². The lowest BCUT2D eigenvalue weighted by Gasteiger charge is -2.41. The minimum absolute atomic E-state index is 0.0433. The second-order valence-electron chi connectivity index (χ2n) is 8.98. The zero-order chi connectivity index (χ0) is 24.0. The fourth-order valence-electron chi connectivity index (χ4n) is 5.54. The van der Waals surface area contributed by atoms with E-state index in [0.717, 1.165) is 36.9 Å². The number of primary amides is 1. The average molecular weight is 454 g/mol. The summed E-state index contributed by atoms with van der Waals surface area (Å²) in [4.78, 5) is 15.7. The van der Waals surface area contributed by atoms with Crippen molar-refractivity contribution in [1.29, 1.82) is 5.26 Å². The van der Waals surface area contributed by atoms with Crippen LogP contribution in [0.3, 0.4) is 0 Å². The molecule has 0 bridgehead atoms. The van der Waals surface area contributed by atoms with E-state index in [2.05, 4.69) is 18.0 Å². The fourth-order valence-corrected chi connectivity index (χ4v) is 5.54. The molecule has 0 radical (unpaired) electrons. The highest BCUT2D eigenvalue weighted by atomic mass is 16.5. The van der Waals surface area contributed by atoms with Gasteiger partial charge in [0.2, 0.25) is 5.91 Å². The van der Waals surface area contributed by atoms with Crippen LogP contribution in [0, 0.1) is 17.2 Å². The lowest BCUT2D eigenvalue weighted by molar-refractivity contribution is -0.124. The van der Waals surface area contributed by atoms with Gasteiger partial charge in [-0.3, -0.25) is 4.79 Å². The number of benzene rings is 3. The molecule has 1 fully saturated rings. The number of nitrogens with zero attached hydrogens (tertiary/aromatic N) is 2. The highest BCUT2D eigenvalue weighted by Crippen LogP contribution is 2.47. The molecule has 1 amide bonds. The number of hydrogen-bond donors (Lipinski definition) is 1. The molecule has 5 heteroatoms. The van der Waals surface area contributed by atoms with Crippen molar-refractivity contribution in [2.45, 2.75) is 30.7 Å². The summed E-state index contributed by atoms with van der Waals surface area (Å²) < 4.78 is 5.92. The molecule has 34 heavy (non-hydrogen) atoms. The van der Waals surface area contributed by atoms with Crippen molar-refractivity contribution in [1.82, 2.24) is 4.90 Å². The largest absolute Gasteiger partial charge is 0.494 e. The van der Waals surface area contributed by atoms with Crippen LogP contribution < -0.4 is 10.5 Å². The van der Waals surface area contributed by atoms with Gasteiger partial charge in [0.1, 0.15) is 11.2 Å². The monoisotopic (exact) mass is 453 g/mol. The van der Waals surface area contributed by atoms with Gasteiger partial charge >= 0.3 is 0 Å². The maximum atomic E-state index is 13.4. The molecule has 0 spiro atoms. The van der Waals surface area contributed by atoms with Gasteiger partial charge in [-0.2, -0.15) is 5.26 Å². The van der Waals surface area contributed by atoms with Crippen LogP contribution >= 0.6 is 0 Å². The molecule has 1 aliphatic rings. The molecular formula is C29H31N3O2. The van der Waals surface area contributed by atoms with Crippen LogP contribution in [-0.2, 0) is 10.2 Å². The Bertz CT molecular complexity index is 1100. The molecule has 4 rings (SSSR count). The molecule has 2 atom stereocenters. The van der Waals surface area contributed by atoms with Crippen molar-refractivity contribution in [2.24, 2.45) is 11.7 Å². The minimum Gasteiger partial charge on any atom is -0.494 e. The Morgan fingerprint density at radius 3 is 2.29 bits per heavy atom. The number of ether oxygens (including phenoxy) is 1. The third kappa shape index (κ3) is 4.55. The van der Waals surface area contributed by atoms with Crippen LogP contribution in [0.1, 0.15) is 36.0 Å². The van der Waals surface area contributed by atoms with Crippen LogP contribution in [0.4, 0.5) is 0 Å². The number of carbonyl (C=O) groups excluding carboxylic acids is 1. The summed E-state index contributed by atoms with van der Waals surface area (Å²) >= 11 is 0. The molecule has 3 aromatic rings. The third-order valence-corrected chi connectivity index (χ3v) is 7.10. The Morgan fingerprint density at radius 1 is 1.06 bits per heavy atom. The zero-order valence-corrected chi connectivity index (χ0v) is 19.6. The predicted molar refractivity (Wildman–Crippen MR) is 133 cm³/mol. The number of rotatable bonds is 9. The molecule has 0 saturated carbocycles. The van der Waals surface area contributed by atoms with Crippen LogP contribution in [0.2, 0.25) is 0 Å². The first-order valence-corrected chi connectivity index (χ1v) is 11.8. The summed E-state index contributed by atoms with van der Waals surface area (Å²) in [6, 6.07) is 29.5. The van der Waals surface area contributed by atoms with Gasteiger partial charge in [-0.25, -0.2) is 0 Å². The van der Waals surface area contributed by atoms with E-state index in [4.69, 9.17) is 15.7 Å². The zero-order valence-electron chi connectivity index (χ0n) is 19.6. The Labute approximate surface area is 201 Å². The van der Waals surface area contributed by atoms with Crippen molar-refractivity contribution in [3.05, 3.63) is 102 Å². The van der Waals surface area contributed by atoms with Crippen LogP contribution in [0.25, 0.3) is 0 Å². The summed E-state index contributed by atoms with van der Waals surface area (Å²) in [7, 11) is 2.13. The third-order valence-electron chi connectivity index (χ3n) is 7.10. The molecule has 174 valence electrons. The van der Waals surface area contributed by atoms with Crippen molar-refractivity contribution < 1.29 is 9.53 Å². The van der Waals surface area contributed by atoms with Gasteiger partial charge in [0.05, 0.1) is 18.2 Å². The first-order valence-electron chi connectivity index (χ1n) is 11.8. The van der Waals surface area contributed by atoms with Crippen LogP contribution in [0.15, 0.2) is 84.9 Å². The molecule has 1 aliphatic heterocycles. The minimum atomic E-state index is -0.903. The second kappa shape index (κ2) is 10.5. The molecule has 1 saturated heterocycles. The van der Waals surface area contributed by atoms with Gasteiger partial charge in [-0.05, 0) is 68.1 Å². The number of carbonyl (C=O) groups is 1. The van der Waals surface area contributed by atoms with Crippen molar-refractivity contribution in [3.8, 4) is 11.8 Å². The van der Waals surface area contributed by atoms with Crippen LogP contribution in [-0.4, -0.2) is 37.0 Å². The quantitative estimate of drug-likeness (QED) is 0.484. The molecule has 1 heterocycles. The Kier molecular flexibility index (Phi) is 7.30. The standard InChI is InChI=1S/C29H31N3O2/c1-32-18-17-26(27(32)16-9-19-34-25-15-8-10-22(20-25)21-30)29(28(31)33,23-11-4-2-5-12-23)24-13-6-3-7-14-24/h2-8,10-15,20,26-27H,9,16-19H2,1H3,(H2,31,33)/t26-,27+/m1/s1. The second-order valence-corrected chi connectivity index (χ2v) is 8.98. The van der Waals surface area contributed by atoms with Gasteiger partial charge < -0.3 is 15.4 Å². The van der Waals surface area contributed by atoms with E-state index in [0.29, 0.717) is 17.9 Å². The Balaban J connectivity index is 1.59. The van der Waals surface area contributed by atoms with Gasteiger partial charge in [-0.15, -0.1) is 0 Å². The lowest BCUT2D eigenvalue weighted by atomic mass is 9.62. The first-order chi connectivity index (χ1) is 16.6. The maximum absolute atomic E-state index is 13.4. The normalized spacial score (nSPS) is 18.4. The van der Waals surface area contributed by atoms with E-state index in [1.807, 2.05) is 72.8 Å². The van der Waals surface area contributed by atoms with Gasteiger partial charge in [0.15, 0.2) is 0 Å². The summed E-state index contributed by atoms with van der Waals surface area (Å²) in [6.07, 6.45) is 2.60. The number of hydrogen-bond acceptors (Lipinski definition) is 4. The summed E-state index contributed by atoms with van der Waals surface area (Å²) in [5, 5.41) is 9.10. The van der Waals surface area contributed by atoms with E-state index in [1.165, 1.54) is 0 Å². The summed E-state index contributed by atoms with van der Waals surface area (Å²) in [6.45, 7) is 1.46.